The van der Waals surface area contributed by atoms with Gasteiger partial charge in [0.15, 0.2) is 6.54 Å². The molecule has 1 aromatic heterocycles. The molecule has 0 saturated heterocycles. The van der Waals surface area contributed by atoms with Gasteiger partial charge >= 0.3 is 5.97 Å². The van der Waals surface area contributed by atoms with Gasteiger partial charge in [0.2, 0.25) is 9.21 Å². The summed E-state index contributed by atoms with van der Waals surface area (Å²) < 4.78 is 10.6. The maximum Gasteiger partial charge on any atom is 0.348 e. The first-order valence-electron chi connectivity index (χ1n) is 6.20. The quantitative estimate of drug-likeness (QED) is 0.581. The Morgan fingerprint density at radius 2 is 1.95 bits per heavy atom. The summed E-state index contributed by atoms with van der Waals surface area (Å²) in [5, 5.41) is 0. The van der Waals surface area contributed by atoms with Crippen molar-refractivity contribution in [3.05, 3.63) is 39.5 Å². The maximum atomic E-state index is 11.8. The van der Waals surface area contributed by atoms with Crippen molar-refractivity contribution in [3.63, 3.8) is 0 Å². The molecule has 106 valence electrons. The summed E-state index contributed by atoms with van der Waals surface area (Å²) in [6, 6.07) is 9.93. The Morgan fingerprint density at radius 1 is 1.30 bits per heavy atom. The van der Waals surface area contributed by atoms with Crippen LogP contribution in [0.3, 0.4) is 0 Å². The van der Waals surface area contributed by atoms with Gasteiger partial charge in [-0.1, -0.05) is 18.2 Å². The Hall–Kier alpha value is -1.14. The van der Waals surface area contributed by atoms with Gasteiger partial charge in [0, 0.05) is 31.9 Å². The number of esters is 1. The number of rotatable bonds is 4. The van der Waals surface area contributed by atoms with E-state index in [2.05, 4.69) is 31.9 Å². The minimum absolute atomic E-state index is 0.165. The molecule has 0 fully saturated rings. The molecule has 0 aliphatic carbocycles. The minimum atomic E-state index is -0.256. The predicted octanol–water partition coefficient (Wildman–Crippen LogP) is 3.07. The summed E-state index contributed by atoms with van der Waals surface area (Å²) in [7, 11) is 1.94. The predicted molar refractivity (Wildman–Crippen MR) is 83.1 cm³/mol. The number of hydrogen-bond acceptors (Lipinski definition) is 2. The third-order valence-corrected chi connectivity index (χ3v) is 5.14. The number of hydrogen-bond donors (Lipinski definition) is 0. The van der Waals surface area contributed by atoms with Gasteiger partial charge in [-0.15, -0.1) is 0 Å². The molecular formula is C14H15Br2N2O2+. The van der Waals surface area contributed by atoms with E-state index in [0.29, 0.717) is 6.61 Å². The van der Waals surface area contributed by atoms with Gasteiger partial charge in [-0.3, -0.25) is 0 Å². The number of carbonyl (C=O) groups excluding carboxylic acids is 1. The van der Waals surface area contributed by atoms with Crippen LogP contribution < -0.4 is 4.57 Å². The highest BCUT2D eigenvalue weighted by Gasteiger charge is 2.28. The number of carbonyl (C=O) groups is 1. The second kappa shape index (κ2) is 6.54. The van der Waals surface area contributed by atoms with Crippen LogP contribution in [0.25, 0.3) is 11.4 Å². The third-order valence-electron chi connectivity index (χ3n) is 2.90. The molecule has 2 rings (SSSR count). The van der Waals surface area contributed by atoms with Gasteiger partial charge in [-0.25, -0.2) is 13.9 Å². The molecule has 0 atom stereocenters. The van der Waals surface area contributed by atoms with Crippen LogP contribution in [0.4, 0.5) is 0 Å². The molecule has 0 aliphatic heterocycles. The van der Waals surface area contributed by atoms with Crippen LogP contribution in [0.15, 0.2) is 39.5 Å². The number of halogens is 2. The average molecular weight is 403 g/mol. The topological polar surface area (TPSA) is 35.1 Å². The Labute approximate surface area is 134 Å². The Kier molecular flexibility index (Phi) is 4.99. The van der Waals surface area contributed by atoms with Gasteiger partial charge < -0.3 is 4.74 Å². The largest absolute Gasteiger partial charge is 0.463 e. The molecule has 0 amide bonds. The lowest BCUT2D eigenvalue weighted by atomic mass is 10.2. The van der Waals surface area contributed by atoms with E-state index in [9.17, 15) is 4.79 Å². The normalized spacial score (nSPS) is 10.6. The number of imidazole rings is 1. The SMILES string of the molecule is CCOC(=O)Cn1c(Br)c(Br)[n+](C)c1-c1ccccc1. The number of nitrogens with zero attached hydrogens (tertiary/aromatic N) is 2. The van der Waals surface area contributed by atoms with Crippen LogP contribution in [0.1, 0.15) is 6.92 Å². The molecule has 1 heterocycles. The first kappa shape index (κ1) is 15.3. The van der Waals surface area contributed by atoms with Crippen molar-refractivity contribution >= 4 is 37.8 Å². The number of ether oxygens (including phenoxy) is 1. The van der Waals surface area contributed by atoms with Crippen molar-refractivity contribution < 1.29 is 14.1 Å². The number of benzene rings is 1. The highest BCUT2D eigenvalue weighted by molar-refractivity contribution is 9.13. The fourth-order valence-corrected chi connectivity index (χ4v) is 2.97. The van der Waals surface area contributed by atoms with Crippen molar-refractivity contribution in [3.8, 4) is 11.4 Å². The van der Waals surface area contributed by atoms with E-state index in [-0.39, 0.29) is 12.5 Å². The fraction of sp³-hybridized carbons (Fsp3) is 0.286. The Morgan fingerprint density at radius 3 is 2.55 bits per heavy atom. The molecule has 0 aliphatic rings. The first-order valence-corrected chi connectivity index (χ1v) is 7.79. The van der Waals surface area contributed by atoms with Gasteiger partial charge in [0.1, 0.15) is 0 Å². The molecule has 2 aromatic rings. The molecule has 0 bridgehead atoms. The molecule has 0 spiro atoms. The summed E-state index contributed by atoms with van der Waals surface area (Å²) in [4.78, 5) is 11.8. The standard InChI is InChI=1S/C14H15Br2N2O2/c1-3-20-11(19)9-18-13(16)12(15)17(2)14(18)10-7-5-4-6-8-10/h4-8H,3,9H2,1-2H3/q+1. The van der Waals surface area contributed by atoms with Gasteiger partial charge in [0.05, 0.1) is 19.2 Å². The van der Waals surface area contributed by atoms with Crippen molar-refractivity contribution in [1.82, 2.24) is 4.57 Å². The molecule has 0 radical (unpaired) electrons. The molecule has 0 unspecified atom stereocenters. The summed E-state index contributed by atoms with van der Waals surface area (Å²) in [6.45, 7) is 2.35. The Bertz CT molecular complexity index is 624. The fourth-order valence-electron chi connectivity index (χ4n) is 2.03. The van der Waals surface area contributed by atoms with E-state index in [4.69, 9.17) is 4.74 Å². The van der Waals surface area contributed by atoms with E-state index in [0.717, 1.165) is 20.6 Å². The van der Waals surface area contributed by atoms with Crippen LogP contribution in [0, 0.1) is 0 Å². The van der Waals surface area contributed by atoms with Crippen LogP contribution >= 0.6 is 31.9 Å². The molecule has 4 nitrogen and oxygen atoms in total. The van der Waals surface area contributed by atoms with Crippen molar-refractivity contribution in [2.45, 2.75) is 13.5 Å². The van der Waals surface area contributed by atoms with Crippen molar-refractivity contribution in [1.29, 1.82) is 0 Å². The summed E-state index contributed by atoms with van der Waals surface area (Å²) in [5.41, 5.74) is 1.03. The molecule has 0 saturated carbocycles. The zero-order valence-electron chi connectivity index (χ0n) is 11.3. The molecule has 20 heavy (non-hydrogen) atoms. The summed E-state index contributed by atoms with van der Waals surface area (Å²) in [5.74, 6) is 0.672. The zero-order valence-corrected chi connectivity index (χ0v) is 14.4. The number of aromatic nitrogens is 2. The van der Waals surface area contributed by atoms with Crippen LogP contribution in [0.2, 0.25) is 0 Å². The minimum Gasteiger partial charge on any atom is -0.463 e. The third kappa shape index (κ3) is 2.96. The van der Waals surface area contributed by atoms with E-state index in [1.807, 2.05) is 46.5 Å². The Balaban J connectivity index is 2.50. The van der Waals surface area contributed by atoms with E-state index < -0.39 is 0 Å². The van der Waals surface area contributed by atoms with E-state index in [1.165, 1.54) is 0 Å². The van der Waals surface area contributed by atoms with Crippen molar-refractivity contribution in [2.24, 2.45) is 7.05 Å². The highest BCUT2D eigenvalue weighted by Crippen LogP contribution is 2.27. The van der Waals surface area contributed by atoms with Crippen LogP contribution in [0.5, 0.6) is 0 Å². The van der Waals surface area contributed by atoms with Gasteiger partial charge in [-0.2, -0.15) is 0 Å². The van der Waals surface area contributed by atoms with Crippen LogP contribution in [-0.4, -0.2) is 17.1 Å². The van der Waals surface area contributed by atoms with Gasteiger partial charge in [0.25, 0.3) is 5.82 Å². The molecular weight excluding hydrogens is 388 g/mol. The summed E-state index contributed by atoms with van der Waals surface area (Å²) >= 11 is 7.04. The van der Waals surface area contributed by atoms with E-state index in [1.54, 1.807) is 6.92 Å². The zero-order chi connectivity index (χ0) is 14.7. The lowest BCUT2D eigenvalue weighted by molar-refractivity contribution is -0.670. The van der Waals surface area contributed by atoms with Crippen LogP contribution in [-0.2, 0) is 23.1 Å². The second-order valence-electron chi connectivity index (χ2n) is 4.22. The second-order valence-corrected chi connectivity index (χ2v) is 5.72. The average Bonchev–Trinajstić information content (AvgIpc) is 2.65. The molecule has 6 heteroatoms. The highest BCUT2D eigenvalue weighted by atomic mass is 79.9. The molecule has 0 N–H and O–H groups in total. The summed E-state index contributed by atoms with van der Waals surface area (Å²) in [6.07, 6.45) is 0. The van der Waals surface area contributed by atoms with Crippen molar-refractivity contribution in [2.75, 3.05) is 6.61 Å². The van der Waals surface area contributed by atoms with Gasteiger partial charge in [-0.05, 0) is 19.1 Å². The van der Waals surface area contributed by atoms with E-state index >= 15 is 0 Å². The lowest BCUT2D eigenvalue weighted by Gasteiger charge is -2.03. The lowest BCUT2D eigenvalue weighted by Crippen LogP contribution is -2.31. The first-order chi connectivity index (χ1) is 9.56. The monoisotopic (exact) mass is 401 g/mol. The molecule has 1 aromatic carbocycles. The maximum absolute atomic E-state index is 11.8. The smallest absolute Gasteiger partial charge is 0.348 e.